The molecule has 5 nitrogen and oxygen atoms in total. The van der Waals surface area contributed by atoms with Crippen molar-refractivity contribution in [3.8, 4) is 29.1 Å². The van der Waals surface area contributed by atoms with E-state index in [1.165, 1.54) is 6.08 Å². The van der Waals surface area contributed by atoms with E-state index in [-0.39, 0.29) is 6.79 Å². The van der Waals surface area contributed by atoms with Gasteiger partial charge in [-0.1, -0.05) is 12.1 Å². The van der Waals surface area contributed by atoms with Crippen LogP contribution in [0.3, 0.4) is 0 Å². The molecule has 0 atom stereocenters. The Kier molecular flexibility index (Phi) is 4.57. The normalized spacial score (nSPS) is 12.6. The maximum Gasteiger partial charge on any atom is 0.231 e. The Hall–Kier alpha value is -3.13. The molecular weight excluding hydrogens is 306 g/mol. The van der Waals surface area contributed by atoms with Crippen LogP contribution in [-0.2, 0) is 0 Å². The molecule has 0 fully saturated rings. The van der Waals surface area contributed by atoms with E-state index in [2.05, 4.69) is 6.07 Å². The molecule has 5 heteroatoms. The highest BCUT2D eigenvalue weighted by atomic mass is 16.7. The number of hydrogen-bond acceptors (Lipinski definition) is 5. The van der Waals surface area contributed by atoms with Crippen molar-refractivity contribution in [2.45, 2.75) is 6.92 Å². The maximum absolute atomic E-state index is 9.19. The number of nitrogens with zero attached hydrogens (tertiary/aromatic N) is 1. The van der Waals surface area contributed by atoms with Crippen LogP contribution in [0, 0.1) is 11.3 Å². The second-order valence-electron chi connectivity index (χ2n) is 5.05. The summed E-state index contributed by atoms with van der Waals surface area (Å²) in [6.07, 6.45) is 1.51. The van der Waals surface area contributed by atoms with Crippen LogP contribution in [0.15, 0.2) is 42.5 Å². The molecule has 1 aliphatic rings. The average Bonchev–Trinajstić information content (AvgIpc) is 3.07. The van der Waals surface area contributed by atoms with Crippen molar-refractivity contribution in [1.82, 2.24) is 0 Å². The number of methoxy groups -OCH3 is 1. The minimum absolute atomic E-state index is 0.215. The molecule has 0 amide bonds. The lowest BCUT2D eigenvalue weighted by Crippen LogP contribution is -1.97. The third-order valence-electron chi connectivity index (χ3n) is 3.67. The molecule has 0 bridgehead atoms. The van der Waals surface area contributed by atoms with E-state index >= 15 is 0 Å². The fraction of sp³-hybridized carbons (Fsp3) is 0.211. The summed E-state index contributed by atoms with van der Waals surface area (Å²) in [7, 11) is 1.60. The van der Waals surface area contributed by atoms with Gasteiger partial charge in [0.2, 0.25) is 6.79 Å². The number of nitriles is 1. The number of rotatable bonds is 5. The molecule has 0 aromatic heterocycles. The fourth-order valence-corrected chi connectivity index (χ4v) is 2.57. The number of benzene rings is 2. The quantitative estimate of drug-likeness (QED) is 0.784. The molecule has 0 spiro atoms. The highest BCUT2D eigenvalue weighted by molar-refractivity contribution is 5.83. The highest BCUT2D eigenvalue weighted by Gasteiger charge is 2.16. The first kappa shape index (κ1) is 15.8. The van der Waals surface area contributed by atoms with E-state index in [0.717, 1.165) is 16.7 Å². The molecule has 0 aliphatic carbocycles. The Balaban J connectivity index is 2.05. The van der Waals surface area contributed by atoms with E-state index in [1.54, 1.807) is 7.11 Å². The molecular formula is C19H17NO4. The van der Waals surface area contributed by atoms with Crippen LogP contribution in [0.4, 0.5) is 0 Å². The van der Waals surface area contributed by atoms with Gasteiger partial charge in [-0.25, -0.2) is 0 Å². The lowest BCUT2D eigenvalue weighted by molar-refractivity contribution is 0.174. The first-order valence-corrected chi connectivity index (χ1v) is 7.57. The van der Waals surface area contributed by atoms with Crippen molar-refractivity contribution in [3.63, 3.8) is 0 Å². The van der Waals surface area contributed by atoms with Gasteiger partial charge in [-0.15, -0.1) is 0 Å². The van der Waals surface area contributed by atoms with Crippen molar-refractivity contribution < 1.29 is 18.9 Å². The van der Waals surface area contributed by atoms with Crippen molar-refractivity contribution in [2.24, 2.45) is 0 Å². The summed E-state index contributed by atoms with van der Waals surface area (Å²) in [5.41, 5.74) is 2.51. The van der Waals surface area contributed by atoms with Crippen LogP contribution in [0.1, 0.15) is 18.1 Å². The molecule has 2 aromatic rings. The highest BCUT2D eigenvalue weighted by Crippen LogP contribution is 2.38. The topological polar surface area (TPSA) is 60.7 Å². The van der Waals surface area contributed by atoms with Gasteiger partial charge in [0.25, 0.3) is 0 Å². The monoisotopic (exact) mass is 323 g/mol. The molecule has 1 aliphatic heterocycles. The molecule has 24 heavy (non-hydrogen) atoms. The summed E-state index contributed by atoms with van der Waals surface area (Å²) in [5, 5.41) is 9.19. The van der Waals surface area contributed by atoms with Gasteiger partial charge in [0.15, 0.2) is 23.0 Å². The Labute approximate surface area is 140 Å². The SMILES string of the molecule is CCOc1cc(C(=CC#N)c2ccc3c(c2)OCO3)ccc1OC. The van der Waals surface area contributed by atoms with Gasteiger partial charge in [0.1, 0.15) is 0 Å². The molecule has 0 N–H and O–H groups in total. The van der Waals surface area contributed by atoms with E-state index < -0.39 is 0 Å². The van der Waals surface area contributed by atoms with Crippen molar-refractivity contribution in [3.05, 3.63) is 53.6 Å². The van der Waals surface area contributed by atoms with E-state index in [9.17, 15) is 5.26 Å². The molecule has 0 saturated heterocycles. The summed E-state index contributed by atoms with van der Waals surface area (Å²) < 4.78 is 21.7. The van der Waals surface area contributed by atoms with Crippen molar-refractivity contribution in [1.29, 1.82) is 5.26 Å². The molecule has 3 rings (SSSR count). The van der Waals surface area contributed by atoms with Crippen LogP contribution in [0.25, 0.3) is 5.57 Å². The molecule has 0 radical (unpaired) electrons. The average molecular weight is 323 g/mol. The Morgan fingerprint density at radius 2 is 1.88 bits per heavy atom. The zero-order chi connectivity index (χ0) is 16.9. The van der Waals surface area contributed by atoms with Gasteiger partial charge in [-0.3, -0.25) is 0 Å². The van der Waals surface area contributed by atoms with Crippen molar-refractivity contribution >= 4 is 5.57 Å². The minimum atomic E-state index is 0.215. The third-order valence-corrected chi connectivity index (χ3v) is 3.67. The molecule has 1 heterocycles. The van der Waals surface area contributed by atoms with E-state index in [0.29, 0.717) is 29.6 Å². The second-order valence-corrected chi connectivity index (χ2v) is 5.05. The zero-order valence-electron chi connectivity index (χ0n) is 13.5. The largest absolute Gasteiger partial charge is 0.493 e. The zero-order valence-corrected chi connectivity index (χ0v) is 13.5. The fourth-order valence-electron chi connectivity index (χ4n) is 2.57. The number of allylic oxidation sites excluding steroid dienone is 1. The van der Waals surface area contributed by atoms with E-state index in [4.69, 9.17) is 18.9 Å². The molecule has 122 valence electrons. The lowest BCUT2D eigenvalue weighted by Gasteiger charge is -2.13. The van der Waals surface area contributed by atoms with Gasteiger partial charge in [0.05, 0.1) is 19.8 Å². The minimum Gasteiger partial charge on any atom is -0.493 e. The smallest absolute Gasteiger partial charge is 0.231 e. The standard InChI is InChI=1S/C19H17NO4/c1-3-22-18-10-13(4-6-16(18)21-2)15(8-9-20)14-5-7-17-19(11-14)24-12-23-17/h4-8,10-11H,3,12H2,1-2H3. The van der Waals surface area contributed by atoms with Crippen LogP contribution < -0.4 is 18.9 Å². The second kappa shape index (κ2) is 6.97. The van der Waals surface area contributed by atoms with Crippen LogP contribution >= 0.6 is 0 Å². The number of fused-ring (bicyclic) bond motifs is 1. The Bertz CT molecular complexity index is 821. The summed E-state index contributed by atoms with van der Waals surface area (Å²) in [4.78, 5) is 0. The van der Waals surface area contributed by atoms with Crippen LogP contribution in [0.2, 0.25) is 0 Å². The van der Waals surface area contributed by atoms with Gasteiger partial charge in [-0.05, 0) is 47.9 Å². The first-order valence-electron chi connectivity index (χ1n) is 7.57. The van der Waals surface area contributed by atoms with Crippen molar-refractivity contribution in [2.75, 3.05) is 20.5 Å². The Morgan fingerprint density at radius 1 is 1.12 bits per heavy atom. The summed E-state index contributed by atoms with van der Waals surface area (Å²) >= 11 is 0. The van der Waals surface area contributed by atoms with Gasteiger partial charge in [-0.2, -0.15) is 5.26 Å². The van der Waals surface area contributed by atoms with E-state index in [1.807, 2.05) is 43.3 Å². The number of ether oxygens (including phenoxy) is 4. The van der Waals surface area contributed by atoms with Gasteiger partial charge >= 0.3 is 0 Å². The van der Waals surface area contributed by atoms with Gasteiger partial charge in [0, 0.05) is 6.08 Å². The third kappa shape index (κ3) is 2.99. The maximum atomic E-state index is 9.19. The molecule has 0 unspecified atom stereocenters. The Morgan fingerprint density at radius 3 is 2.62 bits per heavy atom. The predicted octanol–water partition coefficient (Wildman–Crippen LogP) is 3.78. The predicted molar refractivity (Wildman–Crippen MR) is 89.4 cm³/mol. The van der Waals surface area contributed by atoms with Crippen LogP contribution in [0.5, 0.6) is 23.0 Å². The van der Waals surface area contributed by atoms with Gasteiger partial charge < -0.3 is 18.9 Å². The van der Waals surface area contributed by atoms with Crippen LogP contribution in [-0.4, -0.2) is 20.5 Å². The molecule has 0 saturated carbocycles. The summed E-state index contributed by atoms with van der Waals surface area (Å²) in [5.74, 6) is 2.68. The lowest BCUT2D eigenvalue weighted by atomic mass is 9.97. The summed E-state index contributed by atoms with van der Waals surface area (Å²) in [6, 6.07) is 13.3. The number of hydrogen-bond donors (Lipinski definition) is 0. The first-order chi connectivity index (χ1) is 11.8. The summed E-state index contributed by atoms with van der Waals surface area (Å²) in [6.45, 7) is 2.66. The molecule has 2 aromatic carbocycles.